The molecule has 0 aliphatic carbocycles. The minimum absolute atomic E-state index is 0.146. The molecule has 0 bridgehead atoms. The Morgan fingerprint density at radius 1 is 1.50 bits per heavy atom. The van der Waals surface area contributed by atoms with E-state index in [1.807, 2.05) is 18.2 Å². The average Bonchev–Trinajstić information content (AvgIpc) is 2.05. The second kappa shape index (κ2) is 4.48. The summed E-state index contributed by atoms with van der Waals surface area (Å²) < 4.78 is 6.13. The fourth-order valence-electron chi connectivity index (χ4n) is 1.06. The van der Waals surface area contributed by atoms with E-state index in [1.54, 1.807) is 7.11 Å². The zero-order valence-electron chi connectivity index (χ0n) is 6.88. The smallest absolute Gasteiger partial charge is 0.122 e. The Hall–Kier alpha value is -0.540. The van der Waals surface area contributed by atoms with Crippen molar-refractivity contribution in [1.82, 2.24) is 0 Å². The predicted octanol–water partition coefficient (Wildman–Crippen LogP) is 1.99. The number of rotatable bonds is 3. The number of benzene rings is 1. The first-order valence-corrected chi connectivity index (χ1v) is 4.50. The zero-order valence-corrected chi connectivity index (χ0v) is 8.47. The number of aliphatic hydroxyl groups excluding tert-OH is 1. The molecular weight excluding hydrogens is 220 g/mol. The van der Waals surface area contributed by atoms with Crippen molar-refractivity contribution in [2.45, 2.75) is 6.42 Å². The lowest BCUT2D eigenvalue weighted by Gasteiger charge is -2.06. The molecule has 0 fully saturated rings. The van der Waals surface area contributed by atoms with Crippen LogP contribution in [0.2, 0.25) is 0 Å². The molecule has 0 amide bonds. The van der Waals surface area contributed by atoms with Gasteiger partial charge in [0.15, 0.2) is 0 Å². The van der Waals surface area contributed by atoms with Gasteiger partial charge in [-0.2, -0.15) is 0 Å². The van der Waals surface area contributed by atoms with Crippen LogP contribution in [0, 0.1) is 0 Å². The first-order chi connectivity index (χ1) is 5.77. The van der Waals surface area contributed by atoms with E-state index in [2.05, 4.69) is 15.9 Å². The van der Waals surface area contributed by atoms with Gasteiger partial charge in [0, 0.05) is 11.1 Å². The number of hydrogen-bond acceptors (Lipinski definition) is 2. The van der Waals surface area contributed by atoms with Crippen molar-refractivity contribution in [3.05, 3.63) is 28.2 Å². The van der Waals surface area contributed by atoms with Crippen LogP contribution in [0.1, 0.15) is 5.56 Å². The van der Waals surface area contributed by atoms with E-state index in [0.717, 1.165) is 15.8 Å². The Bertz CT molecular complexity index is 261. The molecule has 0 aliphatic heterocycles. The summed E-state index contributed by atoms with van der Waals surface area (Å²) >= 11 is 3.36. The van der Waals surface area contributed by atoms with Crippen LogP contribution < -0.4 is 4.74 Å². The van der Waals surface area contributed by atoms with Gasteiger partial charge in [0.05, 0.1) is 7.11 Å². The molecule has 0 heterocycles. The highest BCUT2D eigenvalue weighted by atomic mass is 79.9. The molecule has 2 nitrogen and oxygen atoms in total. The van der Waals surface area contributed by atoms with Crippen molar-refractivity contribution in [3.63, 3.8) is 0 Å². The normalized spacial score (nSPS) is 9.92. The summed E-state index contributed by atoms with van der Waals surface area (Å²) in [6.45, 7) is 0.146. The monoisotopic (exact) mass is 230 g/mol. The fourth-order valence-corrected chi connectivity index (χ4v) is 1.47. The van der Waals surface area contributed by atoms with E-state index in [4.69, 9.17) is 9.84 Å². The maximum absolute atomic E-state index is 8.76. The van der Waals surface area contributed by atoms with Gasteiger partial charge < -0.3 is 9.84 Å². The van der Waals surface area contributed by atoms with Crippen LogP contribution in [0.25, 0.3) is 0 Å². The molecule has 3 heteroatoms. The lowest BCUT2D eigenvalue weighted by atomic mass is 10.1. The molecule has 0 saturated heterocycles. The van der Waals surface area contributed by atoms with Crippen molar-refractivity contribution in [3.8, 4) is 5.75 Å². The van der Waals surface area contributed by atoms with E-state index in [0.29, 0.717) is 6.42 Å². The molecule has 0 atom stereocenters. The predicted molar refractivity (Wildman–Crippen MR) is 51.5 cm³/mol. The Balaban J connectivity index is 2.95. The third kappa shape index (κ3) is 2.22. The lowest BCUT2D eigenvalue weighted by molar-refractivity contribution is 0.296. The molecule has 0 radical (unpaired) electrons. The second-order valence-electron chi connectivity index (χ2n) is 2.43. The van der Waals surface area contributed by atoms with E-state index in [-0.39, 0.29) is 6.61 Å². The number of aliphatic hydroxyl groups is 1. The van der Waals surface area contributed by atoms with Gasteiger partial charge in [-0.15, -0.1) is 0 Å². The summed E-state index contributed by atoms with van der Waals surface area (Å²) in [4.78, 5) is 0. The van der Waals surface area contributed by atoms with Crippen molar-refractivity contribution >= 4 is 15.9 Å². The van der Waals surface area contributed by atoms with Crippen molar-refractivity contribution in [2.24, 2.45) is 0 Å². The standard InChI is InChI=1S/C9H11BrO2/c1-12-9-3-2-8(10)6-7(9)4-5-11/h2-3,6,11H,4-5H2,1H3. The molecule has 0 aromatic heterocycles. The Morgan fingerprint density at radius 2 is 2.25 bits per heavy atom. The maximum atomic E-state index is 8.76. The largest absolute Gasteiger partial charge is 0.496 e. The summed E-state index contributed by atoms with van der Waals surface area (Å²) in [7, 11) is 1.63. The Kier molecular flexibility index (Phi) is 3.56. The average molecular weight is 231 g/mol. The molecule has 1 aromatic rings. The molecular formula is C9H11BrO2. The molecule has 12 heavy (non-hydrogen) atoms. The van der Waals surface area contributed by atoms with Gasteiger partial charge in [-0.25, -0.2) is 0 Å². The van der Waals surface area contributed by atoms with E-state index < -0.39 is 0 Å². The Morgan fingerprint density at radius 3 is 2.83 bits per heavy atom. The molecule has 1 N–H and O–H groups in total. The van der Waals surface area contributed by atoms with Crippen molar-refractivity contribution in [2.75, 3.05) is 13.7 Å². The van der Waals surface area contributed by atoms with E-state index in [1.165, 1.54) is 0 Å². The van der Waals surface area contributed by atoms with Crippen LogP contribution in [0.15, 0.2) is 22.7 Å². The third-order valence-corrected chi connectivity index (χ3v) is 2.12. The van der Waals surface area contributed by atoms with E-state index in [9.17, 15) is 0 Å². The quantitative estimate of drug-likeness (QED) is 0.861. The van der Waals surface area contributed by atoms with Gasteiger partial charge in [0.25, 0.3) is 0 Å². The molecule has 1 aromatic carbocycles. The van der Waals surface area contributed by atoms with Crippen LogP contribution in [0.5, 0.6) is 5.75 Å². The summed E-state index contributed by atoms with van der Waals surface area (Å²) in [6.07, 6.45) is 0.628. The second-order valence-corrected chi connectivity index (χ2v) is 3.35. The minimum Gasteiger partial charge on any atom is -0.496 e. The third-order valence-electron chi connectivity index (χ3n) is 1.62. The minimum atomic E-state index is 0.146. The number of ether oxygens (including phenoxy) is 1. The molecule has 0 unspecified atom stereocenters. The van der Waals surface area contributed by atoms with Gasteiger partial charge in [0.2, 0.25) is 0 Å². The topological polar surface area (TPSA) is 29.5 Å². The number of halogens is 1. The van der Waals surface area contributed by atoms with Crippen LogP contribution in [0.4, 0.5) is 0 Å². The van der Waals surface area contributed by atoms with Crippen LogP contribution >= 0.6 is 15.9 Å². The van der Waals surface area contributed by atoms with Gasteiger partial charge in [-0.05, 0) is 30.2 Å². The molecule has 0 spiro atoms. The fraction of sp³-hybridized carbons (Fsp3) is 0.333. The van der Waals surface area contributed by atoms with Gasteiger partial charge >= 0.3 is 0 Å². The van der Waals surface area contributed by atoms with Gasteiger partial charge in [-0.3, -0.25) is 0 Å². The van der Waals surface area contributed by atoms with Gasteiger partial charge in [-0.1, -0.05) is 15.9 Å². The first-order valence-electron chi connectivity index (χ1n) is 3.71. The van der Waals surface area contributed by atoms with Crippen LogP contribution in [-0.2, 0) is 6.42 Å². The summed E-state index contributed by atoms with van der Waals surface area (Å²) in [5, 5.41) is 8.76. The Labute approximate surface area is 80.3 Å². The maximum Gasteiger partial charge on any atom is 0.122 e. The summed E-state index contributed by atoms with van der Waals surface area (Å²) in [6, 6.07) is 5.75. The summed E-state index contributed by atoms with van der Waals surface area (Å²) in [5.74, 6) is 0.826. The molecule has 0 saturated carbocycles. The molecule has 1 rings (SSSR count). The SMILES string of the molecule is COc1ccc(Br)cc1CCO. The zero-order chi connectivity index (χ0) is 8.97. The highest BCUT2D eigenvalue weighted by Gasteiger charge is 2.01. The van der Waals surface area contributed by atoms with Crippen molar-refractivity contribution < 1.29 is 9.84 Å². The van der Waals surface area contributed by atoms with E-state index >= 15 is 0 Å². The lowest BCUT2D eigenvalue weighted by Crippen LogP contribution is -1.95. The highest BCUT2D eigenvalue weighted by Crippen LogP contribution is 2.22. The van der Waals surface area contributed by atoms with Crippen LogP contribution in [-0.4, -0.2) is 18.8 Å². The number of hydrogen-bond donors (Lipinski definition) is 1. The van der Waals surface area contributed by atoms with Crippen LogP contribution in [0.3, 0.4) is 0 Å². The first kappa shape index (κ1) is 9.55. The number of methoxy groups -OCH3 is 1. The van der Waals surface area contributed by atoms with Crippen molar-refractivity contribution in [1.29, 1.82) is 0 Å². The molecule has 66 valence electrons. The highest BCUT2D eigenvalue weighted by molar-refractivity contribution is 9.10. The molecule has 0 aliphatic rings. The van der Waals surface area contributed by atoms with Gasteiger partial charge in [0.1, 0.15) is 5.75 Å². The summed E-state index contributed by atoms with van der Waals surface area (Å²) in [5.41, 5.74) is 1.02.